The van der Waals surface area contributed by atoms with E-state index in [0.717, 1.165) is 11.1 Å². The molecule has 0 saturated heterocycles. The molecule has 0 saturated carbocycles. The van der Waals surface area contributed by atoms with Crippen LogP contribution in [-0.4, -0.2) is 31.7 Å². The maximum Gasteiger partial charge on any atom is 0.306 e. The van der Waals surface area contributed by atoms with Crippen molar-refractivity contribution in [2.75, 3.05) is 25.1 Å². The van der Waals surface area contributed by atoms with Gasteiger partial charge in [-0.15, -0.1) is 0 Å². The molecule has 0 unspecified atom stereocenters. The van der Waals surface area contributed by atoms with Gasteiger partial charge in [0, 0.05) is 12.1 Å². The number of para-hydroxylation sites is 2. The Morgan fingerprint density at radius 3 is 2.25 bits per heavy atom. The smallest absolute Gasteiger partial charge is 0.306 e. The van der Waals surface area contributed by atoms with Crippen LogP contribution in [0.15, 0.2) is 42.5 Å². The quantitative estimate of drug-likeness (QED) is 0.493. The highest BCUT2D eigenvalue weighted by molar-refractivity contribution is 5.92. The second-order valence-electron chi connectivity index (χ2n) is 6.42. The molecule has 0 atom stereocenters. The van der Waals surface area contributed by atoms with E-state index in [1.54, 1.807) is 0 Å². The largest absolute Gasteiger partial charge is 0.490 e. The van der Waals surface area contributed by atoms with Crippen LogP contribution in [0.3, 0.4) is 0 Å². The molecule has 0 spiro atoms. The zero-order valence-corrected chi connectivity index (χ0v) is 16.6. The number of carbonyl (C=O) groups excluding carboxylic acids is 2. The van der Waals surface area contributed by atoms with E-state index in [2.05, 4.69) is 5.32 Å². The summed E-state index contributed by atoms with van der Waals surface area (Å²) in [5, 5.41) is 2.73. The van der Waals surface area contributed by atoms with Gasteiger partial charge in [-0.05, 0) is 62.6 Å². The molecule has 1 amide bonds. The van der Waals surface area contributed by atoms with Crippen LogP contribution in [0, 0.1) is 13.8 Å². The molecule has 0 aliphatic heterocycles. The standard InChI is InChI=1S/C22H27NO5/c1-4-26-19-8-5-6-9-20(19)27-11-7-10-22(25)28-15-21(24)23-18-13-16(2)12-17(3)14-18/h5-6,8-9,12-14H,4,7,10-11,15H2,1-3H3,(H,23,24). The van der Waals surface area contributed by atoms with Crippen LogP contribution >= 0.6 is 0 Å². The fourth-order valence-electron chi connectivity index (χ4n) is 2.70. The van der Waals surface area contributed by atoms with E-state index >= 15 is 0 Å². The van der Waals surface area contributed by atoms with E-state index in [1.807, 2.05) is 63.2 Å². The first kappa shape index (κ1) is 21.3. The van der Waals surface area contributed by atoms with E-state index in [9.17, 15) is 9.59 Å². The molecule has 28 heavy (non-hydrogen) atoms. The Kier molecular flexibility index (Phi) is 8.34. The van der Waals surface area contributed by atoms with Crippen LogP contribution in [0.4, 0.5) is 5.69 Å². The minimum atomic E-state index is -0.433. The molecule has 1 N–H and O–H groups in total. The molecule has 6 heteroatoms. The van der Waals surface area contributed by atoms with Crippen LogP contribution < -0.4 is 14.8 Å². The normalized spacial score (nSPS) is 10.2. The third-order valence-electron chi connectivity index (χ3n) is 3.80. The van der Waals surface area contributed by atoms with Crippen LogP contribution in [0.25, 0.3) is 0 Å². The molecule has 2 rings (SSSR count). The average Bonchev–Trinajstić information content (AvgIpc) is 2.64. The number of anilines is 1. The van der Waals surface area contributed by atoms with Crippen LogP contribution in [-0.2, 0) is 14.3 Å². The molecule has 2 aromatic carbocycles. The van der Waals surface area contributed by atoms with Crippen LogP contribution in [0.2, 0.25) is 0 Å². The molecule has 0 fully saturated rings. The van der Waals surface area contributed by atoms with E-state index in [4.69, 9.17) is 14.2 Å². The Labute approximate surface area is 165 Å². The lowest BCUT2D eigenvalue weighted by atomic mass is 10.1. The Hall–Kier alpha value is -3.02. The minimum absolute atomic E-state index is 0.174. The van der Waals surface area contributed by atoms with Crippen LogP contribution in [0.1, 0.15) is 30.9 Å². The molecule has 150 valence electrons. The Morgan fingerprint density at radius 2 is 1.61 bits per heavy atom. The second-order valence-corrected chi connectivity index (χ2v) is 6.42. The lowest BCUT2D eigenvalue weighted by Gasteiger charge is -2.11. The summed E-state index contributed by atoms with van der Waals surface area (Å²) in [5.74, 6) is 0.527. The number of nitrogens with one attached hydrogen (secondary N) is 1. The van der Waals surface area contributed by atoms with Crippen molar-refractivity contribution in [1.29, 1.82) is 0 Å². The number of rotatable bonds is 10. The third kappa shape index (κ3) is 7.31. The van der Waals surface area contributed by atoms with Gasteiger partial charge in [0.15, 0.2) is 18.1 Å². The second kappa shape index (κ2) is 11.0. The lowest BCUT2D eigenvalue weighted by molar-refractivity contribution is -0.147. The summed E-state index contributed by atoms with van der Waals surface area (Å²) in [7, 11) is 0. The number of amides is 1. The third-order valence-corrected chi connectivity index (χ3v) is 3.80. The van der Waals surface area contributed by atoms with Crippen molar-refractivity contribution >= 4 is 17.6 Å². The van der Waals surface area contributed by atoms with Gasteiger partial charge < -0.3 is 19.5 Å². The highest BCUT2D eigenvalue weighted by Gasteiger charge is 2.09. The highest BCUT2D eigenvalue weighted by Crippen LogP contribution is 2.26. The van der Waals surface area contributed by atoms with Crippen molar-refractivity contribution in [3.63, 3.8) is 0 Å². The van der Waals surface area contributed by atoms with Crippen molar-refractivity contribution in [3.8, 4) is 11.5 Å². The predicted molar refractivity (Wildman–Crippen MR) is 108 cm³/mol. The van der Waals surface area contributed by atoms with E-state index in [-0.39, 0.29) is 18.9 Å². The van der Waals surface area contributed by atoms with Gasteiger partial charge in [0.25, 0.3) is 5.91 Å². The molecule has 0 aliphatic carbocycles. The van der Waals surface area contributed by atoms with E-state index in [1.165, 1.54) is 0 Å². The first-order valence-corrected chi connectivity index (χ1v) is 9.36. The summed E-state index contributed by atoms with van der Waals surface area (Å²) >= 11 is 0. The number of esters is 1. The first-order valence-electron chi connectivity index (χ1n) is 9.36. The van der Waals surface area contributed by atoms with Gasteiger partial charge in [-0.3, -0.25) is 9.59 Å². The maximum atomic E-state index is 11.9. The van der Waals surface area contributed by atoms with Gasteiger partial charge >= 0.3 is 5.97 Å². The molecular weight excluding hydrogens is 358 g/mol. The van der Waals surface area contributed by atoms with E-state index < -0.39 is 5.97 Å². The van der Waals surface area contributed by atoms with Crippen LogP contribution in [0.5, 0.6) is 11.5 Å². The number of hydrogen-bond acceptors (Lipinski definition) is 5. The molecule has 6 nitrogen and oxygen atoms in total. The first-order chi connectivity index (χ1) is 13.5. The SMILES string of the molecule is CCOc1ccccc1OCCCC(=O)OCC(=O)Nc1cc(C)cc(C)c1. The van der Waals surface area contributed by atoms with Crippen molar-refractivity contribution in [1.82, 2.24) is 0 Å². The maximum absolute atomic E-state index is 11.9. The number of hydrogen-bond donors (Lipinski definition) is 1. The molecule has 0 bridgehead atoms. The number of aryl methyl sites for hydroxylation is 2. The summed E-state index contributed by atoms with van der Waals surface area (Å²) in [5.41, 5.74) is 2.80. The fraction of sp³-hybridized carbons (Fsp3) is 0.364. The van der Waals surface area contributed by atoms with Gasteiger partial charge in [-0.25, -0.2) is 0 Å². The van der Waals surface area contributed by atoms with Gasteiger partial charge in [0.05, 0.1) is 13.2 Å². The molecule has 0 heterocycles. The summed E-state index contributed by atoms with van der Waals surface area (Å²) in [6, 6.07) is 13.1. The summed E-state index contributed by atoms with van der Waals surface area (Å²) in [6.45, 7) is 6.42. The number of ether oxygens (including phenoxy) is 3. The van der Waals surface area contributed by atoms with Gasteiger partial charge in [-0.1, -0.05) is 18.2 Å². The van der Waals surface area contributed by atoms with Crippen molar-refractivity contribution in [3.05, 3.63) is 53.6 Å². The fourth-order valence-corrected chi connectivity index (χ4v) is 2.70. The van der Waals surface area contributed by atoms with Crippen molar-refractivity contribution < 1.29 is 23.8 Å². The highest BCUT2D eigenvalue weighted by atomic mass is 16.5. The summed E-state index contributed by atoms with van der Waals surface area (Å²) in [4.78, 5) is 23.7. The monoisotopic (exact) mass is 385 g/mol. The topological polar surface area (TPSA) is 73.9 Å². The Balaban J connectivity index is 1.66. The zero-order valence-electron chi connectivity index (χ0n) is 16.6. The molecule has 0 aromatic heterocycles. The molecule has 2 aromatic rings. The predicted octanol–water partition coefficient (Wildman–Crippen LogP) is 4.04. The number of carbonyl (C=O) groups is 2. The zero-order chi connectivity index (χ0) is 20.4. The minimum Gasteiger partial charge on any atom is -0.490 e. The molecule has 0 radical (unpaired) electrons. The lowest BCUT2D eigenvalue weighted by Crippen LogP contribution is -2.21. The molecule has 0 aliphatic rings. The average molecular weight is 385 g/mol. The van der Waals surface area contributed by atoms with Gasteiger partial charge in [0.2, 0.25) is 0 Å². The van der Waals surface area contributed by atoms with Crippen molar-refractivity contribution in [2.24, 2.45) is 0 Å². The number of benzene rings is 2. The van der Waals surface area contributed by atoms with Crippen molar-refractivity contribution in [2.45, 2.75) is 33.6 Å². The summed E-state index contributed by atoms with van der Waals surface area (Å²) < 4.78 is 16.2. The Bertz CT molecular complexity index is 783. The Morgan fingerprint density at radius 1 is 0.964 bits per heavy atom. The van der Waals surface area contributed by atoms with Gasteiger partial charge in [0.1, 0.15) is 0 Å². The summed E-state index contributed by atoms with van der Waals surface area (Å²) in [6.07, 6.45) is 0.658. The van der Waals surface area contributed by atoms with Gasteiger partial charge in [-0.2, -0.15) is 0 Å². The van der Waals surface area contributed by atoms with E-state index in [0.29, 0.717) is 36.8 Å². The molecular formula is C22H27NO5.